The topological polar surface area (TPSA) is 79.3 Å². The first kappa shape index (κ1) is 14.5. The molecule has 108 valence electrons. The van der Waals surface area contributed by atoms with Gasteiger partial charge < -0.3 is 10.4 Å². The minimum Gasteiger partial charge on any atom is -0.477 e. The van der Waals surface area contributed by atoms with Crippen molar-refractivity contribution in [3.05, 3.63) is 29.6 Å². The van der Waals surface area contributed by atoms with Crippen molar-refractivity contribution in [2.75, 3.05) is 6.54 Å². The summed E-state index contributed by atoms with van der Waals surface area (Å²) in [6.45, 7) is 9.43. The van der Waals surface area contributed by atoms with Gasteiger partial charge in [-0.1, -0.05) is 27.7 Å². The first-order chi connectivity index (χ1) is 9.18. The molecule has 2 rings (SSSR count). The number of aromatic nitrogens is 1. The van der Waals surface area contributed by atoms with Gasteiger partial charge in [-0.05, 0) is 28.9 Å². The number of carbonyl (C=O) groups is 2. The zero-order valence-electron chi connectivity index (χ0n) is 12.2. The lowest BCUT2D eigenvalue weighted by Gasteiger charge is -2.06. The van der Waals surface area contributed by atoms with E-state index < -0.39 is 5.97 Å². The van der Waals surface area contributed by atoms with Crippen molar-refractivity contribution in [2.24, 2.45) is 16.7 Å². The summed E-state index contributed by atoms with van der Waals surface area (Å²) >= 11 is 0. The maximum absolute atomic E-state index is 12.0. The molecule has 1 saturated carbocycles. The summed E-state index contributed by atoms with van der Waals surface area (Å²) in [5, 5.41) is 11.6. The largest absolute Gasteiger partial charge is 0.477 e. The van der Waals surface area contributed by atoms with Gasteiger partial charge in [0.05, 0.1) is 5.56 Å². The molecule has 1 heterocycles. The van der Waals surface area contributed by atoms with Gasteiger partial charge in [-0.15, -0.1) is 0 Å². The van der Waals surface area contributed by atoms with Gasteiger partial charge in [0.2, 0.25) is 0 Å². The number of amides is 1. The van der Waals surface area contributed by atoms with Crippen LogP contribution < -0.4 is 5.32 Å². The van der Waals surface area contributed by atoms with E-state index >= 15 is 0 Å². The first-order valence-electron chi connectivity index (χ1n) is 6.65. The van der Waals surface area contributed by atoms with E-state index in [1.807, 2.05) is 0 Å². The van der Waals surface area contributed by atoms with E-state index in [0.29, 0.717) is 18.0 Å². The summed E-state index contributed by atoms with van der Waals surface area (Å²) in [6, 6.07) is 2.82. The van der Waals surface area contributed by atoms with Crippen LogP contribution in [0.3, 0.4) is 0 Å². The summed E-state index contributed by atoms with van der Waals surface area (Å²) in [7, 11) is 0. The van der Waals surface area contributed by atoms with Crippen LogP contribution in [-0.2, 0) is 0 Å². The summed E-state index contributed by atoms with van der Waals surface area (Å²) < 4.78 is 0. The fourth-order valence-electron chi connectivity index (χ4n) is 2.80. The third-order valence-corrected chi connectivity index (χ3v) is 5.03. The van der Waals surface area contributed by atoms with E-state index in [1.165, 1.54) is 18.3 Å². The van der Waals surface area contributed by atoms with Gasteiger partial charge in [0.15, 0.2) is 0 Å². The van der Waals surface area contributed by atoms with E-state index in [1.54, 1.807) is 0 Å². The molecule has 5 heteroatoms. The molecule has 0 unspecified atom stereocenters. The monoisotopic (exact) mass is 276 g/mol. The predicted octanol–water partition coefficient (Wildman–Crippen LogP) is 2.19. The Morgan fingerprint density at radius 1 is 1.25 bits per heavy atom. The molecule has 0 radical (unpaired) electrons. The highest BCUT2D eigenvalue weighted by molar-refractivity contribution is 5.94. The normalized spacial score (nSPS) is 19.4. The molecule has 0 atom stereocenters. The quantitative estimate of drug-likeness (QED) is 0.883. The molecule has 0 bridgehead atoms. The van der Waals surface area contributed by atoms with E-state index in [9.17, 15) is 9.59 Å². The molecule has 1 aromatic heterocycles. The Kier molecular flexibility index (Phi) is 3.32. The van der Waals surface area contributed by atoms with Crippen LogP contribution >= 0.6 is 0 Å². The zero-order valence-corrected chi connectivity index (χ0v) is 12.2. The lowest BCUT2D eigenvalue weighted by atomic mass is 10.0. The highest BCUT2D eigenvalue weighted by Crippen LogP contribution is 2.67. The second-order valence-corrected chi connectivity index (χ2v) is 6.44. The molecule has 0 spiro atoms. The van der Waals surface area contributed by atoms with Crippen molar-refractivity contribution >= 4 is 11.9 Å². The summed E-state index contributed by atoms with van der Waals surface area (Å²) in [5.74, 6) is -0.864. The number of aromatic carboxylic acids is 1. The Labute approximate surface area is 118 Å². The zero-order chi connectivity index (χ0) is 15.1. The van der Waals surface area contributed by atoms with Gasteiger partial charge in [0, 0.05) is 12.7 Å². The number of hydrogen-bond acceptors (Lipinski definition) is 3. The average Bonchev–Trinajstić information content (AvgIpc) is 2.77. The molecule has 0 aliphatic heterocycles. The van der Waals surface area contributed by atoms with Crippen molar-refractivity contribution in [3.63, 3.8) is 0 Å². The van der Waals surface area contributed by atoms with Gasteiger partial charge in [-0.3, -0.25) is 4.79 Å². The minimum atomic E-state index is -1.10. The van der Waals surface area contributed by atoms with Gasteiger partial charge >= 0.3 is 5.97 Å². The number of carbonyl (C=O) groups excluding carboxylic acids is 1. The van der Waals surface area contributed by atoms with Crippen molar-refractivity contribution in [1.29, 1.82) is 0 Å². The molecule has 0 saturated heterocycles. The predicted molar refractivity (Wildman–Crippen MR) is 74.6 cm³/mol. The van der Waals surface area contributed by atoms with E-state index in [2.05, 4.69) is 38.0 Å². The fourth-order valence-corrected chi connectivity index (χ4v) is 2.80. The lowest BCUT2D eigenvalue weighted by molar-refractivity contribution is 0.0689. The van der Waals surface area contributed by atoms with Crippen LogP contribution in [-0.4, -0.2) is 28.5 Å². The number of nitrogens with zero attached hydrogens (tertiary/aromatic N) is 1. The molecule has 1 aliphatic carbocycles. The molecule has 1 fully saturated rings. The number of rotatable bonds is 4. The minimum absolute atomic E-state index is 0.0639. The van der Waals surface area contributed by atoms with Crippen LogP contribution in [0, 0.1) is 16.7 Å². The third-order valence-electron chi connectivity index (χ3n) is 5.03. The Hall–Kier alpha value is -1.91. The van der Waals surface area contributed by atoms with Crippen LogP contribution in [0.25, 0.3) is 0 Å². The standard InChI is InChI=1S/C15H20N2O3/c1-14(2)11(15(14,3)4)8-17-12(18)9-5-6-10(13(19)20)16-7-9/h5-7,11H,8H2,1-4H3,(H,17,18)(H,19,20). The van der Waals surface area contributed by atoms with Gasteiger partial charge in [0.25, 0.3) is 5.91 Å². The Balaban J connectivity index is 1.95. The maximum Gasteiger partial charge on any atom is 0.354 e. The van der Waals surface area contributed by atoms with Crippen molar-refractivity contribution in [2.45, 2.75) is 27.7 Å². The Morgan fingerprint density at radius 2 is 1.85 bits per heavy atom. The second kappa shape index (κ2) is 4.58. The molecule has 2 N–H and O–H groups in total. The smallest absolute Gasteiger partial charge is 0.354 e. The van der Waals surface area contributed by atoms with Crippen LogP contribution in [0.15, 0.2) is 18.3 Å². The second-order valence-electron chi connectivity index (χ2n) is 6.44. The third kappa shape index (κ3) is 2.28. The first-order valence-corrected chi connectivity index (χ1v) is 6.65. The maximum atomic E-state index is 12.0. The van der Waals surface area contributed by atoms with E-state index in [-0.39, 0.29) is 22.4 Å². The number of nitrogens with one attached hydrogen (secondary N) is 1. The van der Waals surface area contributed by atoms with Crippen LogP contribution in [0.1, 0.15) is 48.5 Å². The number of carboxylic acids is 1. The molecule has 1 aromatic rings. The van der Waals surface area contributed by atoms with E-state index in [4.69, 9.17) is 5.11 Å². The summed E-state index contributed by atoms with van der Waals surface area (Å²) in [4.78, 5) is 26.4. The van der Waals surface area contributed by atoms with Crippen molar-refractivity contribution < 1.29 is 14.7 Å². The SMILES string of the molecule is CC1(C)C(CNC(=O)c2ccc(C(=O)O)nc2)C1(C)C. The number of carboxylic acid groups (broad SMARTS) is 1. The van der Waals surface area contributed by atoms with Crippen LogP contribution in [0.5, 0.6) is 0 Å². The molecule has 5 nitrogen and oxygen atoms in total. The molecular formula is C15H20N2O3. The Morgan fingerprint density at radius 3 is 2.25 bits per heavy atom. The molecule has 0 aromatic carbocycles. The van der Waals surface area contributed by atoms with Crippen LogP contribution in [0.2, 0.25) is 0 Å². The number of hydrogen-bond donors (Lipinski definition) is 2. The highest BCUT2D eigenvalue weighted by atomic mass is 16.4. The number of pyridine rings is 1. The van der Waals surface area contributed by atoms with Crippen molar-refractivity contribution in [1.82, 2.24) is 10.3 Å². The van der Waals surface area contributed by atoms with Crippen molar-refractivity contribution in [3.8, 4) is 0 Å². The Bertz CT molecular complexity index is 533. The van der Waals surface area contributed by atoms with E-state index in [0.717, 1.165) is 0 Å². The summed E-state index contributed by atoms with van der Waals surface area (Å²) in [6.07, 6.45) is 1.29. The van der Waals surface area contributed by atoms with Crippen LogP contribution in [0.4, 0.5) is 0 Å². The summed E-state index contributed by atoms with van der Waals surface area (Å²) in [5.41, 5.74) is 0.773. The lowest BCUT2D eigenvalue weighted by Crippen LogP contribution is -2.27. The van der Waals surface area contributed by atoms with Gasteiger partial charge in [-0.2, -0.15) is 0 Å². The highest BCUT2D eigenvalue weighted by Gasteiger charge is 2.64. The molecular weight excluding hydrogens is 256 g/mol. The molecule has 1 aliphatic rings. The fraction of sp³-hybridized carbons (Fsp3) is 0.533. The average molecular weight is 276 g/mol. The van der Waals surface area contributed by atoms with Gasteiger partial charge in [0.1, 0.15) is 5.69 Å². The van der Waals surface area contributed by atoms with Gasteiger partial charge in [-0.25, -0.2) is 9.78 Å². The molecule has 1 amide bonds. The molecule has 20 heavy (non-hydrogen) atoms.